The first-order valence-corrected chi connectivity index (χ1v) is 7.08. The summed E-state index contributed by atoms with van der Waals surface area (Å²) in [6, 6.07) is 7.92. The molecule has 0 fully saturated rings. The summed E-state index contributed by atoms with van der Waals surface area (Å²) in [5.41, 5.74) is 6.12. The molecule has 0 saturated carbocycles. The van der Waals surface area contributed by atoms with E-state index in [0.29, 0.717) is 10.4 Å². The number of nitrogens with zero attached hydrogens (tertiary/aromatic N) is 1. The number of aliphatic carboxylic acids is 2. The highest BCUT2D eigenvalue weighted by molar-refractivity contribution is 8.00. The van der Waals surface area contributed by atoms with Gasteiger partial charge in [-0.1, -0.05) is 18.2 Å². The second kappa shape index (κ2) is 6.55. The number of hydrogen-bond donors (Lipinski definition) is 3. The molecule has 0 aliphatic carbocycles. The smallest absolute Gasteiger partial charge is 0.320 e. The fourth-order valence-electron chi connectivity index (χ4n) is 1.86. The van der Waals surface area contributed by atoms with Crippen LogP contribution >= 0.6 is 11.8 Å². The summed E-state index contributed by atoms with van der Waals surface area (Å²) < 4.78 is 0. The Morgan fingerprint density at radius 2 is 1.90 bits per heavy atom. The highest BCUT2D eigenvalue weighted by Gasteiger charge is 2.26. The van der Waals surface area contributed by atoms with E-state index in [1.54, 1.807) is 18.3 Å². The molecular formula is C14H14N2O4S. The first-order chi connectivity index (χ1) is 9.99. The number of nitrogens with two attached hydrogens (primary N) is 1. The average molecular weight is 306 g/mol. The van der Waals surface area contributed by atoms with Gasteiger partial charge in [0.1, 0.15) is 11.3 Å². The van der Waals surface area contributed by atoms with E-state index in [1.807, 2.05) is 18.2 Å². The van der Waals surface area contributed by atoms with Gasteiger partial charge in [-0.2, -0.15) is 0 Å². The fraction of sp³-hybridized carbons (Fsp3) is 0.214. The van der Waals surface area contributed by atoms with Gasteiger partial charge in [0.25, 0.3) is 0 Å². The van der Waals surface area contributed by atoms with Gasteiger partial charge in [0.15, 0.2) is 0 Å². The van der Waals surface area contributed by atoms with Gasteiger partial charge in [0.05, 0.1) is 5.52 Å². The minimum Gasteiger partial charge on any atom is -0.480 e. The van der Waals surface area contributed by atoms with Crippen LogP contribution in [-0.4, -0.2) is 38.4 Å². The molecule has 2 rings (SSSR count). The molecule has 4 N–H and O–H groups in total. The summed E-state index contributed by atoms with van der Waals surface area (Å²) in [4.78, 5) is 27.0. The molecule has 0 spiro atoms. The van der Waals surface area contributed by atoms with Crippen LogP contribution in [0.5, 0.6) is 0 Å². The number of rotatable bonds is 6. The predicted octanol–water partition coefficient (Wildman–Crippen LogP) is 1.58. The summed E-state index contributed by atoms with van der Waals surface area (Å²) in [6.07, 6.45) is 1.48. The Kier molecular flexibility index (Phi) is 4.77. The maximum atomic E-state index is 11.3. The molecule has 0 aliphatic rings. The maximum Gasteiger partial charge on any atom is 0.320 e. The van der Waals surface area contributed by atoms with E-state index in [1.165, 1.54) is 0 Å². The van der Waals surface area contributed by atoms with Crippen molar-refractivity contribution in [3.63, 3.8) is 0 Å². The molecule has 0 aliphatic heterocycles. The van der Waals surface area contributed by atoms with Crippen molar-refractivity contribution < 1.29 is 19.8 Å². The van der Waals surface area contributed by atoms with Crippen molar-refractivity contribution in [1.29, 1.82) is 0 Å². The normalized spacial score (nSPS) is 13.8. The van der Waals surface area contributed by atoms with Crippen LogP contribution in [0.2, 0.25) is 0 Å². The van der Waals surface area contributed by atoms with Crippen LogP contribution in [0.3, 0.4) is 0 Å². The lowest BCUT2D eigenvalue weighted by Gasteiger charge is -2.15. The standard InChI is InChI=1S/C14H14N2O4S/c15-9(13(17)18)7-11(14(19)20)21-10-5-1-3-8-4-2-6-16-12(8)10/h1-6,9,11H,7,15H2,(H,17,18)(H,19,20)/t9-,11?/m0/s1. The molecule has 0 saturated heterocycles. The third-order valence-corrected chi connectivity index (χ3v) is 4.19. The van der Waals surface area contributed by atoms with Crippen molar-refractivity contribution in [3.05, 3.63) is 36.5 Å². The van der Waals surface area contributed by atoms with Crippen LogP contribution < -0.4 is 5.73 Å². The van der Waals surface area contributed by atoms with Crippen molar-refractivity contribution in [2.45, 2.75) is 22.6 Å². The van der Waals surface area contributed by atoms with E-state index in [0.717, 1.165) is 17.1 Å². The zero-order valence-corrected chi connectivity index (χ0v) is 11.8. The van der Waals surface area contributed by atoms with Crippen LogP contribution in [0.4, 0.5) is 0 Å². The summed E-state index contributed by atoms with van der Waals surface area (Å²) >= 11 is 1.07. The fourth-order valence-corrected chi connectivity index (χ4v) is 3.01. The van der Waals surface area contributed by atoms with Gasteiger partial charge in [0, 0.05) is 16.5 Å². The third-order valence-electron chi connectivity index (χ3n) is 2.93. The average Bonchev–Trinajstić information content (AvgIpc) is 2.46. The molecule has 1 aromatic heterocycles. The SMILES string of the molecule is N[C@@H](CC(Sc1cccc2cccnc12)C(=O)O)C(=O)O. The number of fused-ring (bicyclic) bond motifs is 1. The van der Waals surface area contributed by atoms with E-state index in [2.05, 4.69) is 4.98 Å². The van der Waals surface area contributed by atoms with Crippen LogP contribution in [0, 0.1) is 0 Å². The third kappa shape index (κ3) is 3.71. The Labute approximate surface area is 125 Å². The van der Waals surface area contributed by atoms with E-state index in [-0.39, 0.29) is 6.42 Å². The molecule has 0 bridgehead atoms. The van der Waals surface area contributed by atoms with E-state index in [9.17, 15) is 14.7 Å². The Balaban J connectivity index is 2.27. The Morgan fingerprint density at radius 1 is 1.19 bits per heavy atom. The number of pyridine rings is 1. The second-order valence-electron chi connectivity index (χ2n) is 4.46. The molecular weight excluding hydrogens is 292 g/mol. The quantitative estimate of drug-likeness (QED) is 0.694. The Morgan fingerprint density at radius 3 is 2.57 bits per heavy atom. The molecule has 7 heteroatoms. The number of carboxylic acid groups (broad SMARTS) is 2. The molecule has 6 nitrogen and oxygen atoms in total. The lowest BCUT2D eigenvalue weighted by atomic mass is 10.1. The van der Waals surface area contributed by atoms with Crippen molar-refractivity contribution in [3.8, 4) is 0 Å². The van der Waals surface area contributed by atoms with Crippen LogP contribution in [-0.2, 0) is 9.59 Å². The van der Waals surface area contributed by atoms with Crippen molar-refractivity contribution >= 4 is 34.6 Å². The maximum absolute atomic E-state index is 11.3. The van der Waals surface area contributed by atoms with Crippen molar-refractivity contribution in [2.75, 3.05) is 0 Å². The highest BCUT2D eigenvalue weighted by atomic mass is 32.2. The topological polar surface area (TPSA) is 114 Å². The van der Waals surface area contributed by atoms with Crippen LogP contribution in [0.1, 0.15) is 6.42 Å². The van der Waals surface area contributed by atoms with Crippen molar-refractivity contribution in [2.24, 2.45) is 5.73 Å². The molecule has 21 heavy (non-hydrogen) atoms. The van der Waals surface area contributed by atoms with Gasteiger partial charge in [-0.05, 0) is 18.6 Å². The van der Waals surface area contributed by atoms with Gasteiger partial charge in [-0.15, -0.1) is 11.8 Å². The monoisotopic (exact) mass is 306 g/mol. The lowest BCUT2D eigenvalue weighted by molar-refractivity contribution is -0.139. The molecule has 0 amide bonds. The lowest BCUT2D eigenvalue weighted by Crippen LogP contribution is -2.35. The van der Waals surface area contributed by atoms with Crippen molar-refractivity contribution in [1.82, 2.24) is 4.98 Å². The summed E-state index contributed by atoms with van der Waals surface area (Å²) in [6.45, 7) is 0. The predicted molar refractivity (Wildman–Crippen MR) is 79.3 cm³/mol. The van der Waals surface area contributed by atoms with E-state index in [4.69, 9.17) is 10.8 Å². The first-order valence-electron chi connectivity index (χ1n) is 6.20. The van der Waals surface area contributed by atoms with E-state index < -0.39 is 23.2 Å². The molecule has 110 valence electrons. The van der Waals surface area contributed by atoms with Crippen LogP contribution in [0.25, 0.3) is 10.9 Å². The van der Waals surface area contributed by atoms with Gasteiger partial charge >= 0.3 is 11.9 Å². The number of carbonyl (C=O) groups is 2. The molecule has 0 radical (unpaired) electrons. The first kappa shape index (κ1) is 15.3. The number of para-hydroxylation sites is 1. The zero-order chi connectivity index (χ0) is 15.4. The molecule has 2 aromatic rings. The number of benzene rings is 1. The van der Waals surface area contributed by atoms with Gasteiger partial charge in [0.2, 0.25) is 0 Å². The van der Waals surface area contributed by atoms with E-state index >= 15 is 0 Å². The van der Waals surface area contributed by atoms with Gasteiger partial charge in [-0.25, -0.2) is 0 Å². The summed E-state index contributed by atoms with van der Waals surface area (Å²) in [5.74, 6) is -2.30. The zero-order valence-electron chi connectivity index (χ0n) is 11.0. The van der Waals surface area contributed by atoms with Gasteiger partial charge < -0.3 is 15.9 Å². The Hall–Kier alpha value is -2.12. The minimum atomic E-state index is -1.21. The summed E-state index contributed by atoms with van der Waals surface area (Å²) in [7, 11) is 0. The Bertz CT molecular complexity index is 672. The molecule has 2 atom stereocenters. The second-order valence-corrected chi connectivity index (χ2v) is 5.70. The molecule has 1 heterocycles. The molecule has 1 unspecified atom stereocenters. The number of thioether (sulfide) groups is 1. The largest absolute Gasteiger partial charge is 0.480 e. The number of hydrogen-bond acceptors (Lipinski definition) is 5. The molecule has 1 aromatic carbocycles. The van der Waals surface area contributed by atoms with Gasteiger partial charge in [-0.3, -0.25) is 14.6 Å². The number of aromatic nitrogens is 1. The highest BCUT2D eigenvalue weighted by Crippen LogP contribution is 2.31. The number of carboxylic acids is 2. The van der Waals surface area contributed by atoms with Crippen LogP contribution in [0.15, 0.2) is 41.4 Å². The minimum absolute atomic E-state index is 0.154. The summed E-state index contributed by atoms with van der Waals surface area (Å²) in [5, 5.41) is 18.0.